The maximum Gasteiger partial charge on any atom is 0.129 e. The van der Waals surface area contributed by atoms with E-state index in [1.807, 2.05) is 19.9 Å². The van der Waals surface area contributed by atoms with Gasteiger partial charge >= 0.3 is 0 Å². The lowest BCUT2D eigenvalue weighted by molar-refractivity contribution is 0.613. The van der Waals surface area contributed by atoms with E-state index in [4.69, 9.17) is 11.6 Å². The molecular weight excluding hydrogens is 315 g/mol. The van der Waals surface area contributed by atoms with Gasteiger partial charge in [0.25, 0.3) is 0 Å². The summed E-state index contributed by atoms with van der Waals surface area (Å²) >= 11 is 9.34. The fourth-order valence-corrected chi connectivity index (χ4v) is 2.93. The van der Waals surface area contributed by atoms with Crippen molar-refractivity contribution < 1.29 is 4.39 Å². The minimum absolute atomic E-state index is 0.158. The van der Waals surface area contributed by atoms with Crippen LogP contribution in [0.3, 0.4) is 0 Å². The van der Waals surface area contributed by atoms with Crippen molar-refractivity contribution in [3.63, 3.8) is 0 Å². The van der Waals surface area contributed by atoms with Crippen LogP contribution >= 0.6 is 27.5 Å². The van der Waals surface area contributed by atoms with Crippen LogP contribution in [0.1, 0.15) is 27.1 Å². The predicted molar refractivity (Wildman–Crippen MR) is 78.1 cm³/mol. The first-order valence-corrected chi connectivity index (χ1v) is 6.94. The Morgan fingerprint density at radius 2 is 1.78 bits per heavy atom. The molecule has 0 radical (unpaired) electrons. The molecular formula is C15H13BrClF. The molecule has 2 rings (SSSR count). The summed E-state index contributed by atoms with van der Waals surface area (Å²) in [5.74, 6) is -0.287. The maximum absolute atomic E-state index is 13.9. The molecule has 1 atom stereocenters. The number of hydrogen-bond acceptors (Lipinski definition) is 0. The zero-order valence-electron chi connectivity index (χ0n) is 10.2. The predicted octanol–water partition coefficient (Wildman–Crippen LogP) is 5.58. The van der Waals surface area contributed by atoms with Crippen LogP contribution in [0, 0.1) is 19.7 Å². The van der Waals surface area contributed by atoms with Gasteiger partial charge in [0.1, 0.15) is 5.82 Å². The molecule has 3 heteroatoms. The quantitative estimate of drug-likeness (QED) is 0.632. The van der Waals surface area contributed by atoms with Crippen molar-refractivity contribution in [2.45, 2.75) is 18.7 Å². The Morgan fingerprint density at radius 3 is 2.44 bits per heavy atom. The maximum atomic E-state index is 13.9. The number of halogens is 3. The zero-order chi connectivity index (χ0) is 13.3. The van der Waals surface area contributed by atoms with Crippen LogP contribution in [-0.4, -0.2) is 0 Å². The van der Waals surface area contributed by atoms with Gasteiger partial charge in [-0.3, -0.25) is 0 Å². The minimum atomic E-state index is -0.287. The SMILES string of the molecule is Cc1ccc(C)c(C(Br)c2ccc(Cl)cc2F)c1. The Bertz CT molecular complexity index is 581. The summed E-state index contributed by atoms with van der Waals surface area (Å²) in [6.07, 6.45) is 0. The summed E-state index contributed by atoms with van der Waals surface area (Å²) in [6.45, 7) is 4.05. The molecule has 0 amide bonds. The Balaban J connectivity index is 2.47. The molecule has 2 aromatic rings. The molecule has 0 saturated heterocycles. The minimum Gasteiger partial charge on any atom is -0.207 e. The average Bonchev–Trinajstić information content (AvgIpc) is 2.31. The van der Waals surface area contributed by atoms with Gasteiger partial charge in [-0.25, -0.2) is 4.39 Å². The van der Waals surface area contributed by atoms with Crippen LogP contribution in [0.15, 0.2) is 36.4 Å². The Kier molecular flexibility index (Phi) is 4.08. The first kappa shape index (κ1) is 13.6. The number of rotatable bonds is 2. The van der Waals surface area contributed by atoms with Gasteiger partial charge in [0.05, 0.1) is 4.83 Å². The second kappa shape index (κ2) is 5.41. The summed E-state index contributed by atoms with van der Waals surface area (Å²) < 4.78 is 13.9. The largest absolute Gasteiger partial charge is 0.207 e. The van der Waals surface area contributed by atoms with Crippen molar-refractivity contribution in [2.24, 2.45) is 0 Å². The molecule has 0 bridgehead atoms. The fourth-order valence-electron chi connectivity index (χ4n) is 1.91. The molecule has 0 fully saturated rings. The van der Waals surface area contributed by atoms with Crippen molar-refractivity contribution in [1.82, 2.24) is 0 Å². The van der Waals surface area contributed by atoms with Crippen molar-refractivity contribution in [2.75, 3.05) is 0 Å². The van der Waals surface area contributed by atoms with Crippen LogP contribution in [0.4, 0.5) is 4.39 Å². The smallest absolute Gasteiger partial charge is 0.129 e. The van der Waals surface area contributed by atoms with E-state index in [9.17, 15) is 4.39 Å². The second-order valence-electron chi connectivity index (χ2n) is 4.39. The third kappa shape index (κ3) is 2.76. The number of aryl methyl sites for hydroxylation is 2. The normalized spacial score (nSPS) is 12.5. The molecule has 0 N–H and O–H groups in total. The van der Waals surface area contributed by atoms with E-state index < -0.39 is 0 Å². The average molecular weight is 328 g/mol. The number of hydrogen-bond donors (Lipinski definition) is 0. The van der Waals surface area contributed by atoms with E-state index in [0.29, 0.717) is 10.6 Å². The zero-order valence-corrected chi connectivity index (χ0v) is 12.5. The molecule has 0 aliphatic heterocycles. The summed E-state index contributed by atoms with van der Waals surface area (Å²) in [4.78, 5) is -0.158. The van der Waals surface area contributed by atoms with E-state index in [0.717, 1.165) is 16.7 Å². The van der Waals surface area contributed by atoms with Gasteiger partial charge in [-0.2, -0.15) is 0 Å². The van der Waals surface area contributed by atoms with Gasteiger partial charge in [-0.1, -0.05) is 57.4 Å². The molecule has 0 nitrogen and oxygen atoms in total. The van der Waals surface area contributed by atoms with Gasteiger partial charge < -0.3 is 0 Å². The summed E-state index contributed by atoms with van der Waals surface area (Å²) in [5.41, 5.74) is 3.98. The molecule has 94 valence electrons. The van der Waals surface area contributed by atoms with E-state index in [1.54, 1.807) is 12.1 Å². The van der Waals surface area contributed by atoms with E-state index in [2.05, 4.69) is 28.1 Å². The molecule has 0 spiro atoms. The van der Waals surface area contributed by atoms with E-state index in [1.165, 1.54) is 6.07 Å². The fraction of sp³-hybridized carbons (Fsp3) is 0.200. The van der Waals surface area contributed by atoms with Crippen LogP contribution in [0.25, 0.3) is 0 Å². The highest BCUT2D eigenvalue weighted by Crippen LogP contribution is 2.35. The second-order valence-corrected chi connectivity index (χ2v) is 5.74. The van der Waals surface area contributed by atoms with Crippen molar-refractivity contribution >= 4 is 27.5 Å². The van der Waals surface area contributed by atoms with Crippen LogP contribution in [-0.2, 0) is 0 Å². The van der Waals surface area contributed by atoms with Gasteiger partial charge in [0, 0.05) is 10.6 Å². The summed E-state index contributed by atoms with van der Waals surface area (Å²) in [6, 6.07) is 10.9. The molecule has 0 aliphatic carbocycles. The molecule has 2 aromatic carbocycles. The van der Waals surface area contributed by atoms with E-state index in [-0.39, 0.29) is 10.6 Å². The monoisotopic (exact) mass is 326 g/mol. The Hall–Kier alpha value is -0.860. The lowest BCUT2D eigenvalue weighted by Gasteiger charge is -2.15. The van der Waals surface area contributed by atoms with Crippen LogP contribution in [0.2, 0.25) is 5.02 Å². The lowest BCUT2D eigenvalue weighted by Crippen LogP contribution is -1.99. The molecule has 1 unspecified atom stereocenters. The molecule has 0 aliphatic rings. The topological polar surface area (TPSA) is 0 Å². The molecule has 0 aromatic heterocycles. The first-order valence-electron chi connectivity index (χ1n) is 5.65. The van der Waals surface area contributed by atoms with Gasteiger partial charge in [0.2, 0.25) is 0 Å². The van der Waals surface area contributed by atoms with Gasteiger partial charge in [-0.05, 0) is 37.1 Å². The lowest BCUT2D eigenvalue weighted by atomic mass is 9.98. The van der Waals surface area contributed by atoms with Crippen molar-refractivity contribution in [3.05, 3.63) is 69.5 Å². The highest BCUT2D eigenvalue weighted by atomic mass is 79.9. The van der Waals surface area contributed by atoms with Crippen LogP contribution < -0.4 is 0 Å². The number of alkyl halides is 1. The summed E-state index contributed by atoms with van der Waals surface area (Å²) in [5, 5.41) is 0.414. The molecule has 18 heavy (non-hydrogen) atoms. The van der Waals surface area contributed by atoms with Gasteiger partial charge in [0.15, 0.2) is 0 Å². The Labute approximate surface area is 120 Å². The van der Waals surface area contributed by atoms with Crippen LogP contribution in [0.5, 0.6) is 0 Å². The van der Waals surface area contributed by atoms with Crippen molar-refractivity contribution in [3.8, 4) is 0 Å². The van der Waals surface area contributed by atoms with E-state index >= 15 is 0 Å². The summed E-state index contributed by atoms with van der Waals surface area (Å²) in [7, 11) is 0. The third-order valence-corrected chi connectivity index (χ3v) is 4.16. The first-order chi connectivity index (χ1) is 8.49. The highest BCUT2D eigenvalue weighted by Gasteiger charge is 2.17. The number of benzene rings is 2. The molecule has 0 saturated carbocycles. The highest BCUT2D eigenvalue weighted by molar-refractivity contribution is 9.09. The standard InChI is InChI=1S/C15H13BrClF/c1-9-3-4-10(2)13(7-9)15(16)12-6-5-11(17)8-14(12)18/h3-8,15H,1-2H3. The molecule has 0 heterocycles. The van der Waals surface area contributed by atoms with Crippen molar-refractivity contribution in [1.29, 1.82) is 0 Å². The van der Waals surface area contributed by atoms with Gasteiger partial charge in [-0.15, -0.1) is 0 Å². The third-order valence-electron chi connectivity index (χ3n) is 2.94. The Morgan fingerprint density at radius 1 is 1.06 bits per heavy atom.